The summed E-state index contributed by atoms with van der Waals surface area (Å²) in [5.74, 6) is 1.48. The highest BCUT2D eigenvalue weighted by atomic mass is 32.2. The Morgan fingerprint density at radius 1 is 1.19 bits per heavy atom. The number of thioether (sulfide) groups is 1. The summed E-state index contributed by atoms with van der Waals surface area (Å²) < 4.78 is 0. The van der Waals surface area contributed by atoms with Gasteiger partial charge in [-0.3, -0.25) is 14.5 Å². The molecule has 6 nitrogen and oxygen atoms in total. The molecule has 1 aliphatic carbocycles. The van der Waals surface area contributed by atoms with Gasteiger partial charge in [-0.1, -0.05) is 38.1 Å². The van der Waals surface area contributed by atoms with Gasteiger partial charge in [0.1, 0.15) is 10.7 Å². The molecule has 0 spiro atoms. The normalized spacial score (nSPS) is 13.1. The van der Waals surface area contributed by atoms with Gasteiger partial charge in [0.15, 0.2) is 0 Å². The lowest BCUT2D eigenvalue weighted by atomic mass is 10.1. The Kier molecular flexibility index (Phi) is 7.65. The van der Waals surface area contributed by atoms with E-state index in [1.165, 1.54) is 27.8 Å². The van der Waals surface area contributed by atoms with E-state index in [1.54, 1.807) is 11.3 Å². The Bertz CT molecular complexity index is 1130. The monoisotopic (exact) mass is 470 g/mol. The van der Waals surface area contributed by atoms with Crippen LogP contribution in [-0.2, 0) is 36.5 Å². The van der Waals surface area contributed by atoms with Crippen molar-refractivity contribution in [2.45, 2.75) is 52.0 Å². The summed E-state index contributed by atoms with van der Waals surface area (Å²) in [6, 6.07) is 8.42. The van der Waals surface area contributed by atoms with Gasteiger partial charge in [0.05, 0.1) is 16.9 Å². The van der Waals surface area contributed by atoms with Gasteiger partial charge >= 0.3 is 0 Å². The predicted molar refractivity (Wildman–Crippen MR) is 133 cm³/mol. The van der Waals surface area contributed by atoms with Crippen LogP contribution in [0.2, 0.25) is 0 Å². The summed E-state index contributed by atoms with van der Waals surface area (Å²) >= 11 is 3.11. The molecule has 2 N–H and O–H groups in total. The summed E-state index contributed by atoms with van der Waals surface area (Å²) in [7, 11) is 0. The lowest BCUT2D eigenvalue weighted by Crippen LogP contribution is -2.25. The van der Waals surface area contributed by atoms with E-state index >= 15 is 0 Å². The number of carbonyl (C=O) groups is 1. The van der Waals surface area contributed by atoms with Crippen LogP contribution in [0.3, 0.4) is 0 Å². The van der Waals surface area contributed by atoms with Crippen LogP contribution in [0.15, 0.2) is 29.1 Å². The first-order valence-corrected chi connectivity index (χ1v) is 13.2. The Morgan fingerprint density at radius 2 is 1.94 bits per heavy atom. The van der Waals surface area contributed by atoms with E-state index in [2.05, 4.69) is 58.3 Å². The first kappa shape index (κ1) is 23.0. The molecule has 2 heterocycles. The number of rotatable bonds is 10. The second-order valence-electron chi connectivity index (χ2n) is 8.10. The average Bonchev–Trinajstić information content (AvgIpc) is 3.38. The molecular weight excluding hydrogens is 440 g/mol. The third kappa shape index (κ3) is 5.42. The number of hydrogen-bond acceptors (Lipinski definition) is 6. The van der Waals surface area contributed by atoms with Crippen LogP contribution in [0.25, 0.3) is 10.2 Å². The highest BCUT2D eigenvalue weighted by Gasteiger charge is 2.21. The molecule has 2 aromatic heterocycles. The number of hydrogen-bond donors (Lipinski definition) is 2. The number of aromatic nitrogens is 2. The fraction of sp³-hybridized carbons (Fsp3) is 0.458. The smallest absolute Gasteiger partial charge is 0.259 e. The molecule has 0 saturated carbocycles. The molecule has 0 saturated heterocycles. The molecule has 0 radical (unpaired) electrons. The van der Waals surface area contributed by atoms with Crippen LogP contribution >= 0.6 is 23.1 Å². The topological polar surface area (TPSA) is 78.1 Å². The molecule has 0 aliphatic heterocycles. The van der Waals surface area contributed by atoms with E-state index in [0.29, 0.717) is 23.9 Å². The summed E-state index contributed by atoms with van der Waals surface area (Å²) in [4.78, 5) is 36.8. The van der Waals surface area contributed by atoms with E-state index in [9.17, 15) is 9.59 Å². The molecule has 1 amide bonds. The van der Waals surface area contributed by atoms with Crippen molar-refractivity contribution in [1.82, 2.24) is 20.2 Å². The van der Waals surface area contributed by atoms with Gasteiger partial charge in [0.25, 0.3) is 5.56 Å². The number of thiophene rings is 1. The third-order valence-corrected chi connectivity index (χ3v) is 8.04. The van der Waals surface area contributed by atoms with E-state index < -0.39 is 0 Å². The van der Waals surface area contributed by atoms with Crippen LogP contribution in [0.1, 0.15) is 47.7 Å². The van der Waals surface area contributed by atoms with Crippen LogP contribution in [-0.4, -0.2) is 39.6 Å². The zero-order chi connectivity index (χ0) is 22.5. The molecule has 8 heteroatoms. The molecule has 0 atom stereocenters. The minimum absolute atomic E-state index is 0.0132. The van der Waals surface area contributed by atoms with Crippen molar-refractivity contribution >= 4 is 39.2 Å². The van der Waals surface area contributed by atoms with Crippen LogP contribution in [0, 0.1) is 0 Å². The summed E-state index contributed by atoms with van der Waals surface area (Å²) in [5, 5.41) is 3.75. The van der Waals surface area contributed by atoms with Gasteiger partial charge in [-0.25, -0.2) is 4.98 Å². The van der Waals surface area contributed by atoms with Crippen molar-refractivity contribution in [2.24, 2.45) is 0 Å². The first-order chi connectivity index (χ1) is 15.6. The maximum Gasteiger partial charge on any atom is 0.259 e. The van der Waals surface area contributed by atoms with E-state index in [1.807, 2.05) is 0 Å². The first-order valence-electron chi connectivity index (χ1n) is 11.3. The number of benzene rings is 1. The molecule has 0 bridgehead atoms. The average molecular weight is 471 g/mol. The highest BCUT2D eigenvalue weighted by Crippen LogP contribution is 2.34. The summed E-state index contributed by atoms with van der Waals surface area (Å²) in [5.41, 5.74) is 3.53. The predicted octanol–water partition coefficient (Wildman–Crippen LogP) is 3.86. The standard InChI is InChI=1S/C24H30N4O2S2/c1-3-28(4-2)13-17-10-8-16(9-11-17)12-25-21(29)15-31-14-20-26-23(30)22-18-6-5-7-19(18)32-24(22)27-20/h8-11H,3-7,12-15H2,1-2H3,(H,25,29)(H,26,27,30). The fourth-order valence-electron chi connectivity index (χ4n) is 4.08. The molecule has 32 heavy (non-hydrogen) atoms. The van der Waals surface area contributed by atoms with Crippen molar-refractivity contribution in [1.29, 1.82) is 0 Å². The Morgan fingerprint density at radius 3 is 2.69 bits per heavy atom. The minimum Gasteiger partial charge on any atom is -0.351 e. The number of aryl methyl sites for hydroxylation is 2. The van der Waals surface area contributed by atoms with Crippen molar-refractivity contribution in [3.63, 3.8) is 0 Å². The zero-order valence-electron chi connectivity index (χ0n) is 18.7. The molecule has 1 aromatic carbocycles. The minimum atomic E-state index is -0.0427. The molecule has 170 valence electrons. The number of amides is 1. The van der Waals surface area contributed by atoms with E-state index in [0.717, 1.165) is 54.7 Å². The fourth-order valence-corrected chi connectivity index (χ4v) is 6.08. The lowest BCUT2D eigenvalue weighted by molar-refractivity contribution is -0.118. The number of carbonyl (C=O) groups excluding carboxylic acids is 1. The zero-order valence-corrected chi connectivity index (χ0v) is 20.3. The Labute approximate surface area is 196 Å². The number of H-pyrrole nitrogens is 1. The third-order valence-electron chi connectivity index (χ3n) is 5.91. The maximum absolute atomic E-state index is 12.5. The van der Waals surface area contributed by atoms with Gasteiger partial charge in [-0.15, -0.1) is 23.1 Å². The highest BCUT2D eigenvalue weighted by molar-refractivity contribution is 7.99. The Balaban J connectivity index is 1.24. The van der Waals surface area contributed by atoms with Gasteiger partial charge < -0.3 is 10.3 Å². The number of fused-ring (bicyclic) bond motifs is 3. The number of nitrogens with one attached hydrogen (secondary N) is 2. The lowest BCUT2D eigenvalue weighted by Gasteiger charge is -2.18. The molecular formula is C24H30N4O2S2. The quantitative estimate of drug-likeness (QED) is 0.470. The second-order valence-corrected chi connectivity index (χ2v) is 10.2. The van der Waals surface area contributed by atoms with Crippen molar-refractivity contribution < 1.29 is 4.79 Å². The number of aromatic amines is 1. The van der Waals surface area contributed by atoms with Crippen molar-refractivity contribution in [3.8, 4) is 0 Å². The SMILES string of the molecule is CCN(CC)Cc1ccc(CNC(=O)CSCc2nc3sc4c(c3c(=O)[nH]2)CCC4)cc1. The van der Waals surface area contributed by atoms with E-state index in [4.69, 9.17) is 0 Å². The molecule has 0 fully saturated rings. The van der Waals surface area contributed by atoms with Crippen LogP contribution < -0.4 is 10.9 Å². The van der Waals surface area contributed by atoms with Crippen LogP contribution in [0.4, 0.5) is 0 Å². The largest absolute Gasteiger partial charge is 0.351 e. The van der Waals surface area contributed by atoms with E-state index in [-0.39, 0.29) is 11.5 Å². The van der Waals surface area contributed by atoms with Gasteiger partial charge in [-0.2, -0.15) is 0 Å². The van der Waals surface area contributed by atoms with Crippen molar-refractivity contribution in [3.05, 3.63) is 62.0 Å². The van der Waals surface area contributed by atoms with Gasteiger partial charge in [0, 0.05) is 18.0 Å². The molecule has 0 unspecified atom stereocenters. The Hall–Kier alpha value is -2.16. The summed E-state index contributed by atoms with van der Waals surface area (Å²) in [6.45, 7) is 7.90. The van der Waals surface area contributed by atoms with Crippen LogP contribution in [0.5, 0.6) is 0 Å². The molecule has 1 aliphatic rings. The molecule has 3 aromatic rings. The van der Waals surface area contributed by atoms with Gasteiger partial charge in [-0.05, 0) is 49.0 Å². The van der Waals surface area contributed by atoms with Gasteiger partial charge in [0.2, 0.25) is 5.91 Å². The van der Waals surface area contributed by atoms with Crippen molar-refractivity contribution in [2.75, 3.05) is 18.8 Å². The maximum atomic E-state index is 12.5. The second kappa shape index (κ2) is 10.6. The molecule has 4 rings (SSSR count). The number of nitrogens with zero attached hydrogens (tertiary/aromatic N) is 2. The summed E-state index contributed by atoms with van der Waals surface area (Å²) in [6.07, 6.45) is 3.16.